The van der Waals surface area contributed by atoms with Crippen LogP contribution in [0.5, 0.6) is 17.2 Å². The lowest BCUT2D eigenvalue weighted by atomic mass is 9.68. The van der Waals surface area contributed by atoms with Crippen molar-refractivity contribution in [3.8, 4) is 17.2 Å². The fourth-order valence-electron chi connectivity index (χ4n) is 4.57. The van der Waals surface area contributed by atoms with E-state index < -0.39 is 39.2 Å². The number of ether oxygens (including phenoxy) is 1. The number of phenolic OH excluding ortho intramolecular Hbond substituents is 2. The van der Waals surface area contributed by atoms with Crippen molar-refractivity contribution in [3.05, 3.63) is 58.4 Å². The summed E-state index contributed by atoms with van der Waals surface area (Å²) < 4.78 is 6.28. The summed E-state index contributed by atoms with van der Waals surface area (Å²) in [6, 6.07) is 9.02. The SMILES string of the molecule is CC(=O)C1=C(O)C2(C)c3c(O)c(C)c(O)c(C(C)=O)c3OC2(Sc2ccccc2)CC1=O. The van der Waals surface area contributed by atoms with E-state index in [2.05, 4.69) is 0 Å². The molecule has 0 saturated carbocycles. The van der Waals surface area contributed by atoms with Gasteiger partial charge in [0.25, 0.3) is 0 Å². The summed E-state index contributed by atoms with van der Waals surface area (Å²) in [6.07, 6.45) is -0.298. The van der Waals surface area contributed by atoms with Crippen LogP contribution in [0.2, 0.25) is 0 Å². The molecule has 0 fully saturated rings. The fraction of sp³-hybridized carbons (Fsp3) is 0.292. The third-order valence-corrected chi connectivity index (χ3v) is 7.75. The number of hydrogen-bond donors (Lipinski definition) is 3. The lowest BCUT2D eigenvalue weighted by Crippen LogP contribution is -2.54. The van der Waals surface area contributed by atoms with Gasteiger partial charge < -0.3 is 20.1 Å². The van der Waals surface area contributed by atoms with Crippen LogP contribution in [-0.2, 0) is 15.0 Å². The minimum atomic E-state index is -1.56. The van der Waals surface area contributed by atoms with E-state index in [1.807, 2.05) is 6.07 Å². The van der Waals surface area contributed by atoms with Crippen LogP contribution < -0.4 is 4.74 Å². The molecular formula is C24H22O7S. The number of fused-ring (bicyclic) bond motifs is 3. The van der Waals surface area contributed by atoms with Gasteiger partial charge in [-0.1, -0.05) is 30.0 Å². The largest absolute Gasteiger partial charge is 0.510 e. The van der Waals surface area contributed by atoms with Crippen molar-refractivity contribution in [2.75, 3.05) is 0 Å². The number of allylic oxidation sites excluding steroid dienone is 1. The van der Waals surface area contributed by atoms with Gasteiger partial charge in [0.05, 0.1) is 17.6 Å². The van der Waals surface area contributed by atoms with Crippen molar-refractivity contribution in [1.82, 2.24) is 0 Å². The van der Waals surface area contributed by atoms with E-state index in [-0.39, 0.29) is 40.2 Å². The van der Waals surface area contributed by atoms with E-state index in [0.29, 0.717) is 4.90 Å². The van der Waals surface area contributed by atoms with E-state index in [4.69, 9.17) is 4.74 Å². The number of phenols is 2. The second-order valence-corrected chi connectivity index (χ2v) is 9.57. The second-order valence-electron chi connectivity index (χ2n) is 8.23. The van der Waals surface area contributed by atoms with Gasteiger partial charge in [0.1, 0.15) is 34.0 Å². The van der Waals surface area contributed by atoms with Crippen molar-refractivity contribution >= 4 is 29.1 Å². The lowest BCUT2D eigenvalue weighted by molar-refractivity contribution is -0.124. The zero-order valence-electron chi connectivity index (χ0n) is 18.0. The molecule has 2 aromatic rings. The topological polar surface area (TPSA) is 121 Å². The van der Waals surface area contributed by atoms with Crippen LogP contribution in [0.15, 0.2) is 46.6 Å². The summed E-state index contributed by atoms with van der Waals surface area (Å²) in [5, 5.41) is 33.0. The van der Waals surface area contributed by atoms with E-state index in [9.17, 15) is 29.7 Å². The summed E-state index contributed by atoms with van der Waals surface area (Å²) in [6.45, 7) is 5.44. The Morgan fingerprint density at radius 2 is 1.66 bits per heavy atom. The molecule has 1 aliphatic heterocycles. The third kappa shape index (κ3) is 2.72. The summed E-state index contributed by atoms with van der Waals surface area (Å²) >= 11 is 1.15. The van der Waals surface area contributed by atoms with Crippen LogP contribution >= 0.6 is 11.8 Å². The number of carbonyl (C=O) groups is 3. The summed E-state index contributed by atoms with van der Waals surface area (Å²) in [5.74, 6) is -3.16. The molecule has 7 nitrogen and oxygen atoms in total. The first-order valence-electron chi connectivity index (χ1n) is 9.97. The van der Waals surface area contributed by atoms with E-state index in [1.165, 1.54) is 20.8 Å². The fourth-order valence-corrected chi connectivity index (χ4v) is 5.98. The molecule has 2 aliphatic rings. The molecule has 0 bridgehead atoms. The summed E-state index contributed by atoms with van der Waals surface area (Å²) in [7, 11) is 0. The molecule has 1 heterocycles. The Morgan fingerprint density at radius 3 is 2.22 bits per heavy atom. The van der Waals surface area contributed by atoms with Gasteiger partial charge in [0.2, 0.25) is 0 Å². The Bertz CT molecular complexity index is 1230. The zero-order chi connectivity index (χ0) is 23.6. The molecule has 2 unspecified atom stereocenters. The highest BCUT2D eigenvalue weighted by atomic mass is 32.2. The highest BCUT2D eigenvalue weighted by molar-refractivity contribution is 8.00. The highest BCUT2D eigenvalue weighted by Crippen LogP contribution is 2.66. The average Bonchev–Trinajstić information content (AvgIpc) is 2.96. The molecule has 8 heteroatoms. The number of aliphatic hydroxyl groups excluding tert-OH is 1. The minimum absolute atomic E-state index is 0.0355. The van der Waals surface area contributed by atoms with Crippen LogP contribution in [0.4, 0.5) is 0 Å². The Kier molecular flexibility index (Phi) is 4.89. The smallest absolute Gasteiger partial charge is 0.183 e. The molecule has 0 saturated heterocycles. The number of thioether (sulfide) groups is 1. The molecular weight excluding hydrogens is 432 g/mol. The molecule has 0 amide bonds. The van der Waals surface area contributed by atoms with Crippen molar-refractivity contribution < 1.29 is 34.4 Å². The number of benzene rings is 2. The number of rotatable bonds is 4. The van der Waals surface area contributed by atoms with Gasteiger partial charge in [-0.25, -0.2) is 0 Å². The maximum atomic E-state index is 13.0. The number of carbonyl (C=O) groups excluding carboxylic acids is 3. The Balaban J connectivity index is 2.12. The molecule has 166 valence electrons. The van der Waals surface area contributed by atoms with Gasteiger partial charge in [-0.3, -0.25) is 14.4 Å². The number of aliphatic hydroxyl groups is 1. The van der Waals surface area contributed by atoms with Crippen LogP contribution in [0.3, 0.4) is 0 Å². The van der Waals surface area contributed by atoms with Crippen molar-refractivity contribution in [2.45, 2.75) is 49.4 Å². The van der Waals surface area contributed by atoms with Crippen LogP contribution in [0, 0.1) is 6.92 Å². The van der Waals surface area contributed by atoms with E-state index in [1.54, 1.807) is 31.2 Å². The Morgan fingerprint density at radius 1 is 1.03 bits per heavy atom. The first-order valence-corrected chi connectivity index (χ1v) is 10.8. The zero-order valence-corrected chi connectivity index (χ0v) is 18.8. The maximum absolute atomic E-state index is 13.0. The van der Waals surface area contributed by atoms with Gasteiger partial charge in [0, 0.05) is 10.5 Å². The van der Waals surface area contributed by atoms with Crippen molar-refractivity contribution in [1.29, 1.82) is 0 Å². The number of ketones is 3. The van der Waals surface area contributed by atoms with E-state index >= 15 is 0 Å². The number of Topliss-reactive ketones (excluding diaryl/α,β-unsaturated/α-hetero) is 3. The van der Waals surface area contributed by atoms with Gasteiger partial charge >= 0.3 is 0 Å². The first kappa shape index (κ1) is 22.0. The average molecular weight is 455 g/mol. The minimum Gasteiger partial charge on any atom is -0.510 e. The highest BCUT2D eigenvalue weighted by Gasteiger charge is 2.67. The van der Waals surface area contributed by atoms with E-state index in [0.717, 1.165) is 11.8 Å². The number of aromatic hydroxyl groups is 2. The molecule has 0 aromatic heterocycles. The molecule has 0 radical (unpaired) electrons. The van der Waals surface area contributed by atoms with Gasteiger partial charge in [0.15, 0.2) is 22.3 Å². The van der Waals surface area contributed by atoms with Gasteiger partial charge in [-0.05, 0) is 39.8 Å². The monoisotopic (exact) mass is 454 g/mol. The second kappa shape index (κ2) is 7.13. The molecule has 3 N–H and O–H groups in total. The molecule has 1 aliphatic carbocycles. The molecule has 4 rings (SSSR count). The van der Waals surface area contributed by atoms with Gasteiger partial charge in [-0.15, -0.1) is 0 Å². The maximum Gasteiger partial charge on any atom is 0.183 e. The Labute approximate surface area is 188 Å². The van der Waals surface area contributed by atoms with Gasteiger partial charge in [-0.2, -0.15) is 0 Å². The summed E-state index contributed by atoms with van der Waals surface area (Å²) in [5.41, 5.74) is -1.98. The summed E-state index contributed by atoms with van der Waals surface area (Å²) in [4.78, 5) is 36.9. The van der Waals surface area contributed by atoms with Crippen molar-refractivity contribution in [3.63, 3.8) is 0 Å². The molecule has 2 atom stereocenters. The Hall–Kier alpha value is -3.26. The molecule has 2 aromatic carbocycles. The predicted octanol–water partition coefficient (Wildman–Crippen LogP) is 4.12. The molecule has 0 spiro atoms. The van der Waals surface area contributed by atoms with Crippen LogP contribution in [-0.4, -0.2) is 37.6 Å². The first-order chi connectivity index (χ1) is 15.0. The predicted molar refractivity (Wildman–Crippen MR) is 117 cm³/mol. The quantitative estimate of drug-likeness (QED) is 0.466. The van der Waals surface area contributed by atoms with Crippen molar-refractivity contribution in [2.24, 2.45) is 0 Å². The third-order valence-electron chi connectivity index (χ3n) is 6.28. The van der Waals surface area contributed by atoms with Crippen LogP contribution in [0.25, 0.3) is 0 Å². The normalized spacial score (nSPS) is 24.1. The van der Waals surface area contributed by atoms with Crippen LogP contribution in [0.1, 0.15) is 48.7 Å². The lowest BCUT2D eigenvalue weighted by Gasteiger charge is -2.44. The number of hydrogen-bond acceptors (Lipinski definition) is 8. The standard InChI is InChI=1S/C24H22O7S/c1-11-19(28)17(13(3)26)21-18(20(11)29)23(4)22(30)16(12(2)25)15(27)10-24(23,31-21)32-14-8-6-5-7-9-14/h5-9,28-30H,10H2,1-4H3. The molecule has 32 heavy (non-hydrogen) atoms.